The lowest BCUT2D eigenvalue weighted by Gasteiger charge is -2.21. The van der Waals surface area contributed by atoms with Gasteiger partial charge in [0.05, 0.1) is 0 Å². The molecule has 0 bridgehead atoms. The van der Waals surface area contributed by atoms with E-state index in [1.165, 1.54) is 37.7 Å². The minimum Gasteiger partial charge on any atom is -0.384 e. The lowest BCUT2D eigenvalue weighted by molar-refractivity contribution is 0.443. The van der Waals surface area contributed by atoms with Crippen molar-refractivity contribution in [2.24, 2.45) is 0 Å². The highest BCUT2D eigenvalue weighted by Crippen LogP contribution is 2.32. The van der Waals surface area contributed by atoms with Gasteiger partial charge in [0.2, 0.25) is 0 Å². The number of hydrogen-bond acceptors (Lipinski definition) is 2. The molecule has 0 spiro atoms. The van der Waals surface area contributed by atoms with Crippen LogP contribution in [-0.4, -0.2) is 4.98 Å². The zero-order valence-electron chi connectivity index (χ0n) is 7.87. The molecule has 1 aromatic heterocycles. The lowest BCUT2D eigenvalue weighted by Crippen LogP contribution is -2.05. The third-order valence-corrected chi connectivity index (χ3v) is 2.89. The Morgan fingerprint density at radius 2 is 1.92 bits per heavy atom. The largest absolute Gasteiger partial charge is 0.384 e. The molecule has 1 aromatic rings. The Morgan fingerprint density at radius 3 is 2.54 bits per heavy atom. The van der Waals surface area contributed by atoms with Gasteiger partial charge >= 0.3 is 0 Å². The molecule has 1 saturated carbocycles. The monoisotopic (exact) mass is 176 g/mol. The first-order valence-electron chi connectivity index (χ1n) is 5.08. The zero-order chi connectivity index (χ0) is 9.10. The van der Waals surface area contributed by atoms with Gasteiger partial charge in [0, 0.05) is 6.20 Å². The summed E-state index contributed by atoms with van der Waals surface area (Å²) in [7, 11) is 0. The molecule has 0 amide bonds. The summed E-state index contributed by atoms with van der Waals surface area (Å²) in [4.78, 5) is 4.13. The SMILES string of the molecule is Nc1ccc(C2CCCCC2)cn1. The Morgan fingerprint density at radius 1 is 1.15 bits per heavy atom. The number of aromatic nitrogens is 1. The third kappa shape index (κ3) is 2.00. The fraction of sp³-hybridized carbons (Fsp3) is 0.545. The molecule has 1 aliphatic rings. The number of rotatable bonds is 1. The average Bonchev–Trinajstić information content (AvgIpc) is 2.20. The molecule has 2 N–H and O–H groups in total. The van der Waals surface area contributed by atoms with Crippen LogP contribution in [-0.2, 0) is 0 Å². The van der Waals surface area contributed by atoms with Crippen molar-refractivity contribution in [3.63, 3.8) is 0 Å². The number of nitrogens with two attached hydrogens (primary N) is 1. The first-order chi connectivity index (χ1) is 6.36. The fourth-order valence-electron chi connectivity index (χ4n) is 2.09. The zero-order valence-corrected chi connectivity index (χ0v) is 7.87. The summed E-state index contributed by atoms with van der Waals surface area (Å²) in [6.45, 7) is 0. The molecule has 1 heterocycles. The Hall–Kier alpha value is -1.05. The molecular formula is C11H16N2. The van der Waals surface area contributed by atoms with Crippen LogP contribution in [0.2, 0.25) is 0 Å². The van der Waals surface area contributed by atoms with Crippen molar-refractivity contribution in [3.8, 4) is 0 Å². The van der Waals surface area contributed by atoms with E-state index in [0.717, 1.165) is 5.92 Å². The molecular weight excluding hydrogens is 160 g/mol. The molecule has 0 saturated heterocycles. The van der Waals surface area contributed by atoms with Crippen molar-refractivity contribution in [1.29, 1.82) is 0 Å². The molecule has 0 aromatic carbocycles. The number of pyridine rings is 1. The van der Waals surface area contributed by atoms with Crippen molar-refractivity contribution < 1.29 is 0 Å². The second-order valence-corrected chi connectivity index (χ2v) is 3.85. The van der Waals surface area contributed by atoms with Gasteiger partial charge in [-0.05, 0) is 30.4 Å². The number of anilines is 1. The maximum atomic E-state index is 5.55. The Labute approximate surface area is 79.2 Å². The highest BCUT2D eigenvalue weighted by atomic mass is 14.8. The lowest BCUT2D eigenvalue weighted by atomic mass is 9.85. The van der Waals surface area contributed by atoms with Crippen molar-refractivity contribution in [2.75, 3.05) is 5.73 Å². The Kier molecular flexibility index (Phi) is 2.48. The van der Waals surface area contributed by atoms with Gasteiger partial charge in [-0.2, -0.15) is 0 Å². The molecule has 2 nitrogen and oxygen atoms in total. The standard InChI is InChI=1S/C11H16N2/c12-11-7-6-10(8-13-11)9-4-2-1-3-5-9/h6-9H,1-5H2,(H2,12,13). The van der Waals surface area contributed by atoms with Crippen LogP contribution in [0.5, 0.6) is 0 Å². The molecule has 1 fully saturated rings. The molecule has 0 radical (unpaired) electrons. The summed E-state index contributed by atoms with van der Waals surface area (Å²) in [5.41, 5.74) is 6.91. The van der Waals surface area contributed by atoms with Crippen LogP contribution < -0.4 is 5.73 Å². The van der Waals surface area contributed by atoms with Gasteiger partial charge in [-0.25, -0.2) is 4.98 Å². The maximum absolute atomic E-state index is 5.55. The van der Waals surface area contributed by atoms with Gasteiger partial charge in [0.1, 0.15) is 5.82 Å². The third-order valence-electron chi connectivity index (χ3n) is 2.89. The first kappa shape index (κ1) is 8.54. The molecule has 2 rings (SSSR count). The van der Waals surface area contributed by atoms with Crippen molar-refractivity contribution in [3.05, 3.63) is 23.9 Å². The second kappa shape index (κ2) is 3.77. The van der Waals surface area contributed by atoms with E-state index in [1.54, 1.807) is 0 Å². The van der Waals surface area contributed by atoms with E-state index in [4.69, 9.17) is 5.73 Å². The normalized spacial score (nSPS) is 18.8. The van der Waals surface area contributed by atoms with Crippen molar-refractivity contribution in [2.45, 2.75) is 38.0 Å². The fourth-order valence-corrected chi connectivity index (χ4v) is 2.09. The predicted molar refractivity (Wildman–Crippen MR) is 54.5 cm³/mol. The van der Waals surface area contributed by atoms with E-state index >= 15 is 0 Å². The summed E-state index contributed by atoms with van der Waals surface area (Å²) < 4.78 is 0. The molecule has 0 aliphatic heterocycles. The van der Waals surface area contributed by atoms with E-state index in [2.05, 4.69) is 11.1 Å². The van der Waals surface area contributed by atoms with Gasteiger partial charge in [0.15, 0.2) is 0 Å². The van der Waals surface area contributed by atoms with Gasteiger partial charge in [0.25, 0.3) is 0 Å². The van der Waals surface area contributed by atoms with Crippen LogP contribution >= 0.6 is 0 Å². The average molecular weight is 176 g/mol. The van der Waals surface area contributed by atoms with Crippen LogP contribution in [0.4, 0.5) is 5.82 Å². The van der Waals surface area contributed by atoms with Crippen LogP contribution in [0.3, 0.4) is 0 Å². The van der Waals surface area contributed by atoms with E-state index in [1.807, 2.05) is 12.3 Å². The van der Waals surface area contributed by atoms with E-state index in [-0.39, 0.29) is 0 Å². The van der Waals surface area contributed by atoms with Gasteiger partial charge in [-0.3, -0.25) is 0 Å². The minimum absolute atomic E-state index is 0.625. The number of nitrogen functional groups attached to an aromatic ring is 1. The molecule has 0 unspecified atom stereocenters. The molecule has 13 heavy (non-hydrogen) atoms. The summed E-state index contributed by atoms with van der Waals surface area (Å²) in [5.74, 6) is 1.36. The Bertz CT molecular complexity index is 260. The first-order valence-corrected chi connectivity index (χ1v) is 5.08. The van der Waals surface area contributed by atoms with Gasteiger partial charge in [-0.15, -0.1) is 0 Å². The molecule has 1 aliphatic carbocycles. The van der Waals surface area contributed by atoms with E-state index in [0.29, 0.717) is 5.82 Å². The topological polar surface area (TPSA) is 38.9 Å². The summed E-state index contributed by atoms with van der Waals surface area (Å²) in [6, 6.07) is 4.03. The number of hydrogen-bond donors (Lipinski definition) is 1. The Balaban J connectivity index is 2.10. The van der Waals surface area contributed by atoms with Crippen LogP contribution in [0, 0.1) is 0 Å². The highest BCUT2D eigenvalue weighted by molar-refractivity contribution is 5.30. The van der Waals surface area contributed by atoms with Crippen molar-refractivity contribution >= 4 is 5.82 Å². The smallest absolute Gasteiger partial charge is 0.123 e. The minimum atomic E-state index is 0.625. The molecule has 0 atom stereocenters. The van der Waals surface area contributed by atoms with Crippen LogP contribution in [0.15, 0.2) is 18.3 Å². The maximum Gasteiger partial charge on any atom is 0.123 e. The van der Waals surface area contributed by atoms with Gasteiger partial charge in [-0.1, -0.05) is 25.3 Å². The highest BCUT2D eigenvalue weighted by Gasteiger charge is 2.15. The van der Waals surface area contributed by atoms with Gasteiger partial charge < -0.3 is 5.73 Å². The summed E-state index contributed by atoms with van der Waals surface area (Å²) in [6.07, 6.45) is 8.73. The molecule has 70 valence electrons. The van der Waals surface area contributed by atoms with Crippen LogP contribution in [0.25, 0.3) is 0 Å². The van der Waals surface area contributed by atoms with E-state index in [9.17, 15) is 0 Å². The van der Waals surface area contributed by atoms with Crippen LogP contribution in [0.1, 0.15) is 43.6 Å². The quantitative estimate of drug-likeness (QED) is 0.714. The number of nitrogens with zero attached hydrogens (tertiary/aromatic N) is 1. The molecule has 2 heteroatoms. The summed E-state index contributed by atoms with van der Waals surface area (Å²) in [5, 5.41) is 0. The second-order valence-electron chi connectivity index (χ2n) is 3.85. The summed E-state index contributed by atoms with van der Waals surface area (Å²) >= 11 is 0. The predicted octanol–water partition coefficient (Wildman–Crippen LogP) is 2.71. The van der Waals surface area contributed by atoms with E-state index < -0.39 is 0 Å². The van der Waals surface area contributed by atoms with Crippen molar-refractivity contribution in [1.82, 2.24) is 4.98 Å².